The second-order valence-electron chi connectivity index (χ2n) is 3.67. The van der Waals surface area contributed by atoms with Gasteiger partial charge in [0.2, 0.25) is 0 Å². The first-order valence-corrected chi connectivity index (χ1v) is 6.36. The summed E-state index contributed by atoms with van der Waals surface area (Å²) < 4.78 is 5.54. The summed E-state index contributed by atoms with van der Waals surface area (Å²) in [6, 6.07) is 8.16. The third kappa shape index (κ3) is 3.66. The van der Waals surface area contributed by atoms with Crippen molar-refractivity contribution in [1.82, 2.24) is 0 Å². The van der Waals surface area contributed by atoms with Crippen molar-refractivity contribution in [3.63, 3.8) is 0 Å². The molecule has 0 aliphatic rings. The summed E-state index contributed by atoms with van der Waals surface area (Å²) in [5.41, 5.74) is 2.23. The Labute approximate surface area is 106 Å². The highest BCUT2D eigenvalue weighted by Gasteiger charge is 2.12. The van der Waals surface area contributed by atoms with Crippen LogP contribution in [-0.4, -0.2) is 7.11 Å². The fraction of sp³-hybridized carbons (Fsp3) is 0.429. The van der Waals surface area contributed by atoms with E-state index in [1.165, 1.54) is 18.4 Å². The van der Waals surface area contributed by atoms with Gasteiger partial charge in [0.15, 0.2) is 0 Å². The lowest BCUT2D eigenvalue weighted by Gasteiger charge is -2.16. The zero-order chi connectivity index (χ0) is 11.8. The van der Waals surface area contributed by atoms with Crippen molar-refractivity contribution in [2.75, 3.05) is 7.11 Å². The average Bonchev–Trinajstić information content (AvgIpc) is 2.32. The molecule has 1 aromatic carbocycles. The van der Waals surface area contributed by atoms with Crippen LogP contribution in [0.2, 0.25) is 0 Å². The van der Waals surface area contributed by atoms with Crippen LogP contribution < -0.4 is 0 Å². The zero-order valence-electron chi connectivity index (χ0n) is 9.79. The Balaban J connectivity index is 2.93. The number of halogens is 1. The first kappa shape index (κ1) is 13.3. The molecule has 0 unspecified atom stereocenters. The molecule has 0 bridgehead atoms. The van der Waals surface area contributed by atoms with Crippen LogP contribution in [0.15, 0.2) is 24.3 Å². The highest BCUT2D eigenvalue weighted by Crippen LogP contribution is 2.25. The van der Waals surface area contributed by atoms with Gasteiger partial charge in [0.1, 0.15) is 0 Å². The van der Waals surface area contributed by atoms with Gasteiger partial charge < -0.3 is 4.74 Å². The summed E-state index contributed by atoms with van der Waals surface area (Å²) >= 11 is 3.14. The number of unbranched alkanes of at least 4 members (excludes halogenated alkanes) is 1. The van der Waals surface area contributed by atoms with E-state index in [0.29, 0.717) is 0 Å². The molecular weight excluding hydrogens is 264 g/mol. The van der Waals surface area contributed by atoms with Crippen LogP contribution in [0.25, 0.3) is 0 Å². The van der Waals surface area contributed by atoms with E-state index in [4.69, 9.17) is 4.74 Å². The quantitative estimate of drug-likeness (QED) is 0.732. The van der Waals surface area contributed by atoms with Gasteiger partial charge >= 0.3 is 0 Å². The van der Waals surface area contributed by atoms with Gasteiger partial charge in [-0.15, -0.1) is 0 Å². The van der Waals surface area contributed by atoms with Crippen molar-refractivity contribution < 1.29 is 4.74 Å². The van der Waals surface area contributed by atoms with Crippen LogP contribution in [0.1, 0.15) is 43.4 Å². The molecule has 0 saturated heterocycles. The molecule has 0 N–H and O–H groups in total. The lowest BCUT2D eigenvalue weighted by atomic mass is 9.99. The lowest BCUT2D eigenvalue weighted by Crippen LogP contribution is -2.03. The third-order valence-corrected chi connectivity index (χ3v) is 2.79. The molecule has 0 fully saturated rings. The highest BCUT2D eigenvalue weighted by atomic mass is 79.9. The van der Waals surface area contributed by atoms with Crippen LogP contribution in [0, 0.1) is 10.8 Å². The molecule has 16 heavy (non-hydrogen) atoms. The minimum absolute atomic E-state index is 0.157. The molecule has 1 nitrogen and oxygen atoms in total. The first-order valence-electron chi connectivity index (χ1n) is 5.56. The smallest absolute Gasteiger partial charge is 0.0833 e. The lowest BCUT2D eigenvalue weighted by molar-refractivity contribution is 0.0934. The highest BCUT2D eigenvalue weighted by molar-refractivity contribution is 9.12. The van der Waals surface area contributed by atoms with Crippen molar-refractivity contribution in [2.45, 2.75) is 32.3 Å². The number of hydrogen-bond donors (Lipinski definition) is 0. The summed E-state index contributed by atoms with van der Waals surface area (Å²) in [4.78, 5) is 2.77. The van der Waals surface area contributed by atoms with E-state index < -0.39 is 0 Å². The van der Waals surface area contributed by atoms with Crippen LogP contribution in [0.3, 0.4) is 0 Å². The maximum atomic E-state index is 5.54. The maximum absolute atomic E-state index is 5.54. The van der Waals surface area contributed by atoms with Gasteiger partial charge in [0.05, 0.1) is 6.10 Å². The molecule has 0 amide bonds. The van der Waals surface area contributed by atoms with Gasteiger partial charge in [0.25, 0.3) is 0 Å². The maximum Gasteiger partial charge on any atom is 0.0833 e. The number of rotatable bonds is 5. The molecule has 0 aliphatic carbocycles. The molecule has 86 valence electrons. The summed E-state index contributed by atoms with van der Waals surface area (Å²) in [7, 11) is 1.76. The minimum Gasteiger partial charge on any atom is -0.377 e. The van der Waals surface area contributed by atoms with Crippen molar-refractivity contribution >= 4 is 15.9 Å². The van der Waals surface area contributed by atoms with Gasteiger partial charge in [-0.3, -0.25) is 0 Å². The molecular formula is C14H17BrO. The minimum atomic E-state index is 0.157. The van der Waals surface area contributed by atoms with Crippen LogP contribution >= 0.6 is 15.9 Å². The van der Waals surface area contributed by atoms with E-state index >= 15 is 0 Å². The predicted octanol–water partition coefficient (Wildman–Crippen LogP) is 4.27. The van der Waals surface area contributed by atoms with Gasteiger partial charge in [0, 0.05) is 28.6 Å². The van der Waals surface area contributed by atoms with Crippen molar-refractivity contribution in [3.05, 3.63) is 35.4 Å². The zero-order valence-corrected chi connectivity index (χ0v) is 11.4. The first-order chi connectivity index (χ1) is 7.83. The molecule has 0 radical (unpaired) electrons. The van der Waals surface area contributed by atoms with Gasteiger partial charge in [-0.2, -0.15) is 0 Å². The fourth-order valence-electron chi connectivity index (χ4n) is 1.73. The Kier molecular flexibility index (Phi) is 6.22. The summed E-state index contributed by atoms with van der Waals surface area (Å²) in [5.74, 6) is 3.05. The van der Waals surface area contributed by atoms with E-state index in [0.717, 1.165) is 12.0 Å². The SMILES string of the molecule is CCCC[C@H](OC)c1ccccc1C#CBr. The second kappa shape index (κ2) is 7.49. The van der Waals surface area contributed by atoms with E-state index in [1.807, 2.05) is 18.2 Å². The molecule has 0 heterocycles. The van der Waals surface area contributed by atoms with E-state index in [1.54, 1.807) is 7.11 Å². The number of hydrogen-bond acceptors (Lipinski definition) is 1. The number of ether oxygens (including phenoxy) is 1. The second-order valence-corrected chi connectivity index (χ2v) is 4.07. The molecule has 2 heteroatoms. The normalized spacial score (nSPS) is 11.7. The summed E-state index contributed by atoms with van der Waals surface area (Å²) in [6.45, 7) is 2.19. The Hall–Kier alpha value is -0.780. The fourth-order valence-corrected chi connectivity index (χ4v) is 1.95. The Morgan fingerprint density at radius 1 is 1.38 bits per heavy atom. The van der Waals surface area contributed by atoms with E-state index in [-0.39, 0.29) is 6.10 Å². The Bertz CT molecular complexity index is 376. The Morgan fingerprint density at radius 2 is 2.12 bits per heavy atom. The van der Waals surface area contributed by atoms with Crippen molar-refractivity contribution in [3.8, 4) is 10.8 Å². The number of benzene rings is 1. The van der Waals surface area contributed by atoms with Crippen LogP contribution in [0.5, 0.6) is 0 Å². The predicted molar refractivity (Wildman–Crippen MR) is 71.5 cm³/mol. The van der Waals surface area contributed by atoms with Gasteiger partial charge in [-0.05, 0) is 22.9 Å². The summed E-state index contributed by atoms with van der Waals surface area (Å²) in [5, 5.41) is 0. The number of methoxy groups -OCH3 is 1. The van der Waals surface area contributed by atoms with Gasteiger partial charge in [-0.1, -0.05) is 43.9 Å². The Morgan fingerprint density at radius 3 is 2.75 bits per heavy atom. The molecule has 1 rings (SSSR count). The molecule has 1 atom stereocenters. The standard InChI is InChI=1S/C14H17BrO/c1-3-4-9-14(16-2)13-8-6-5-7-12(13)10-11-15/h5-8,14H,3-4,9H2,1-2H3/t14-/m0/s1. The molecule has 0 spiro atoms. The third-order valence-electron chi connectivity index (χ3n) is 2.59. The van der Waals surface area contributed by atoms with Crippen LogP contribution in [0.4, 0.5) is 0 Å². The average molecular weight is 281 g/mol. The summed E-state index contributed by atoms with van der Waals surface area (Å²) in [6.07, 6.45) is 3.57. The monoisotopic (exact) mass is 280 g/mol. The van der Waals surface area contributed by atoms with Crippen LogP contribution in [-0.2, 0) is 4.74 Å². The molecule has 0 saturated carbocycles. The van der Waals surface area contributed by atoms with Crippen molar-refractivity contribution in [2.24, 2.45) is 0 Å². The molecule has 0 aromatic heterocycles. The van der Waals surface area contributed by atoms with Crippen molar-refractivity contribution in [1.29, 1.82) is 0 Å². The van der Waals surface area contributed by atoms with E-state index in [2.05, 4.69) is 39.7 Å². The molecule has 0 aliphatic heterocycles. The van der Waals surface area contributed by atoms with Gasteiger partial charge in [-0.25, -0.2) is 0 Å². The van der Waals surface area contributed by atoms with E-state index in [9.17, 15) is 0 Å². The molecule has 1 aromatic rings. The largest absolute Gasteiger partial charge is 0.377 e. The topological polar surface area (TPSA) is 9.23 Å².